The second kappa shape index (κ2) is 6.54. The molecule has 0 saturated carbocycles. The van der Waals surface area contributed by atoms with Gasteiger partial charge in [0.1, 0.15) is 11.5 Å². The monoisotopic (exact) mass is 322 g/mol. The van der Waals surface area contributed by atoms with E-state index in [0.29, 0.717) is 35.4 Å². The highest BCUT2D eigenvalue weighted by Gasteiger charge is 2.25. The SMILES string of the molecule is CCOC(=O)Cc1noc2cc(N3CC[C@H](CO)C3)c(F)cc12. The third kappa shape index (κ3) is 3.14. The lowest BCUT2D eigenvalue weighted by Gasteiger charge is -2.18. The number of aliphatic hydroxyl groups excluding tert-OH is 1. The normalized spacial score (nSPS) is 17.9. The first-order chi connectivity index (χ1) is 11.1. The van der Waals surface area contributed by atoms with E-state index >= 15 is 0 Å². The number of hydrogen-bond donors (Lipinski definition) is 1. The molecule has 0 amide bonds. The van der Waals surface area contributed by atoms with Crippen LogP contribution in [0.4, 0.5) is 10.1 Å². The molecule has 7 heteroatoms. The van der Waals surface area contributed by atoms with Crippen LogP contribution < -0.4 is 4.90 Å². The van der Waals surface area contributed by atoms with E-state index in [1.165, 1.54) is 6.07 Å². The van der Waals surface area contributed by atoms with Crippen molar-refractivity contribution in [3.8, 4) is 0 Å². The molecule has 124 valence electrons. The molecular weight excluding hydrogens is 303 g/mol. The van der Waals surface area contributed by atoms with E-state index in [9.17, 15) is 14.3 Å². The summed E-state index contributed by atoms with van der Waals surface area (Å²) in [5, 5.41) is 13.6. The van der Waals surface area contributed by atoms with Gasteiger partial charge < -0.3 is 19.3 Å². The summed E-state index contributed by atoms with van der Waals surface area (Å²) in [4.78, 5) is 13.4. The molecule has 0 aliphatic carbocycles. The number of aliphatic hydroxyl groups is 1. The van der Waals surface area contributed by atoms with Crippen LogP contribution in [-0.4, -0.2) is 42.5 Å². The molecule has 2 heterocycles. The summed E-state index contributed by atoms with van der Waals surface area (Å²) in [6, 6.07) is 2.95. The number of ether oxygens (including phenoxy) is 1. The Hall–Kier alpha value is -2.15. The summed E-state index contributed by atoms with van der Waals surface area (Å²) in [5.41, 5.74) is 1.25. The number of carbonyl (C=O) groups is 1. The molecule has 0 radical (unpaired) electrons. The zero-order valence-electron chi connectivity index (χ0n) is 12.9. The van der Waals surface area contributed by atoms with Crippen LogP contribution in [0.5, 0.6) is 0 Å². The van der Waals surface area contributed by atoms with Crippen LogP contribution in [0.3, 0.4) is 0 Å². The number of carbonyl (C=O) groups excluding carboxylic acids is 1. The summed E-state index contributed by atoms with van der Waals surface area (Å²) < 4.78 is 24.6. The number of rotatable bonds is 5. The second-order valence-electron chi connectivity index (χ2n) is 5.69. The average Bonchev–Trinajstić information content (AvgIpc) is 3.14. The number of fused-ring (bicyclic) bond motifs is 1. The van der Waals surface area contributed by atoms with Crippen LogP contribution in [0.25, 0.3) is 11.0 Å². The summed E-state index contributed by atoms with van der Waals surface area (Å²) in [5.74, 6) is -0.638. The van der Waals surface area contributed by atoms with Crippen molar-refractivity contribution in [2.75, 3.05) is 31.2 Å². The first-order valence-electron chi connectivity index (χ1n) is 7.71. The first-order valence-corrected chi connectivity index (χ1v) is 7.71. The van der Waals surface area contributed by atoms with E-state index < -0.39 is 5.97 Å². The van der Waals surface area contributed by atoms with E-state index in [1.807, 2.05) is 4.90 Å². The van der Waals surface area contributed by atoms with Crippen molar-refractivity contribution in [1.29, 1.82) is 0 Å². The smallest absolute Gasteiger partial charge is 0.312 e. The number of esters is 1. The maximum Gasteiger partial charge on any atom is 0.312 e. The molecule has 1 atom stereocenters. The summed E-state index contributed by atoms with van der Waals surface area (Å²) in [6.07, 6.45) is 0.786. The van der Waals surface area contributed by atoms with Gasteiger partial charge in [0.05, 0.1) is 18.7 Å². The van der Waals surface area contributed by atoms with Crippen LogP contribution in [0.1, 0.15) is 19.0 Å². The zero-order chi connectivity index (χ0) is 16.4. The van der Waals surface area contributed by atoms with Crippen molar-refractivity contribution >= 4 is 22.6 Å². The Morgan fingerprint density at radius 3 is 3.09 bits per heavy atom. The Bertz CT molecular complexity index is 715. The minimum Gasteiger partial charge on any atom is -0.466 e. The third-order valence-electron chi connectivity index (χ3n) is 4.12. The highest BCUT2D eigenvalue weighted by Crippen LogP contribution is 2.31. The fourth-order valence-electron chi connectivity index (χ4n) is 2.92. The predicted molar refractivity (Wildman–Crippen MR) is 81.7 cm³/mol. The van der Waals surface area contributed by atoms with Crippen LogP contribution in [0, 0.1) is 11.7 Å². The summed E-state index contributed by atoms with van der Waals surface area (Å²) in [7, 11) is 0. The van der Waals surface area contributed by atoms with Gasteiger partial charge in [-0.15, -0.1) is 0 Å². The fraction of sp³-hybridized carbons (Fsp3) is 0.500. The third-order valence-corrected chi connectivity index (χ3v) is 4.12. The molecule has 23 heavy (non-hydrogen) atoms. The fourth-order valence-corrected chi connectivity index (χ4v) is 2.92. The molecule has 0 spiro atoms. The van der Waals surface area contributed by atoms with Crippen molar-refractivity contribution in [3.05, 3.63) is 23.6 Å². The molecule has 1 aromatic heterocycles. The Kier molecular flexibility index (Phi) is 4.47. The van der Waals surface area contributed by atoms with Crippen LogP contribution in [0.2, 0.25) is 0 Å². The number of hydrogen-bond acceptors (Lipinski definition) is 6. The van der Waals surface area contributed by atoms with Crippen molar-refractivity contribution in [3.63, 3.8) is 0 Å². The largest absolute Gasteiger partial charge is 0.466 e. The van der Waals surface area contributed by atoms with Crippen molar-refractivity contribution in [2.45, 2.75) is 19.8 Å². The molecule has 2 aromatic rings. The molecule has 3 rings (SSSR count). The maximum absolute atomic E-state index is 14.5. The van der Waals surface area contributed by atoms with Crippen molar-refractivity contribution in [2.24, 2.45) is 5.92 Å². The topological polar surface area (TPSA) is 75.8 Å². The molecule has 1 aromatic carbocycles. The summed E-state index contributed by atoms with van der Waals surface area (Å²) >= 11 is 0. The minimum absolute atomic E-state index is 0.0457. The second-order valence-corrected chi connectivity index (χ2v) is 5.69. The van der Waals surface area contributed by atoms with Crippen LogP contribution >= 0.6 is 0 Å². The maximum atomic E-state index is 14.5. The Labute approximate surface area is 132 Å². The Morgan fingerprint density at radius 1 is 1.57 bits per heavy atom. The number of benzene rings is 1. The lowest BCUT2D eigenvalue weighted by Crippen LogP contribution is -2.21. The zero-order valence-corrected chi connectivity index (χ0v) is 12.9. The van der Waals surface area contributed by atoms with Gasteiger partial charge in [0.2, 0.25) is 0 Å². The Morgan fingerprint density at radius 2 is 2.39 bits per heavy atom. The van der Waals surface area contributed by atoms with Gasteiger partial charge in [0.15, 0.2) is 5.58 Å². The van der Waals surface area contributed by atoms with Crippen LogP contribution in [-0.2, 0) is 16.0 Å². The van der Waals surface area contributed by atoms with Gasteiger partial charge in [0.25, 0.3) is 0 Å². The van der Waals surface area contributed by atoms with E-state index in [0.717, 1.165) is 6.42 Å². The van der Waals surface area contributed by atoms with Gasteiger partial charge in [-0.05, 0) is 19.4 Å². The first kappa shape index (κ1) is 15.7. The molecule has 6 nitrogen and oxygen atoms in total. The van der Waals surface area contributed by atoms with E-state index in [4.69, 9.17) is 9.26 Å². The highest BCUT2D eigenvalue weighted by molar-refractivity contribution is 5.86. The average molecular weight is 322 g/mol. The van der Waals surface area contributed by atoms with E-state index in [2.05, 4.69) is 5.16 Å². The van der Waals surface area contributed by atoms with Gasteiger partial charge in [-0.3, -0.25) is 4.79 Å². The number of nitrogens with zero attached hydrogens (tertiary/aromatic N) is 2. The molecule has 0 unspecified atom stereocenters. The van der Waals surface area contributed by atoms with Gasteiger partial charge in [-0.25, -0.2) is 4.39 Å². The number of anilines is 1. The molecule has 1 saturated heterocycles. The van der Waals surface area contributed by atoms with Gasteiger partial charge in [-0.2, -0.15) is 0 Å². The summed E-state index contributed by atoms with van der Waals surface area (Å²) in [6.45, 7) is 3.42. The van der Waals surface area contributed by atoms with Crippen molar-refractivity contribution in [1.82, 2.24) is 5.16 Å². The molecule has 1 aliphatic rings. The molecule has 1 aliphatic heterocycles. The molecule has 1 N–H and O–H groups in total. The number of halogens is 1. The number of aromatic nitrogens is 1. The van der Waals surface area contributed by atoms with Crippen molar-refractivity contribution < 1.29 is 23.6 Å². The van der Waals surface area contributed by atoms with Crippen LogP contribution in [0.15, 0.2) is 16.7 Å². The van der Waals surface area contributed by atoms with Gasteiger partial charge in [-0.1, -0.05) is 5.16 Å². The van der Waals surface area contributed by atoms with E-state index in [-0.39, 0.29) is 31.4 Å². The van der Waals surface area contributed by atoms with E-state index in [1.54, 1.807) is 13.0 Å². The van der Waals surface area contributed by atoms with Gasteiger partial charge >= 0.3 is 5.97 Å². The van der Waals surface area contributed by atoms with Gasteiger partial charge in [0, 0.05) is 37.1 Å². The lowest BCUT2D eigenvalue weighted by molar-refractivity contribution is -0.142. The highest BCUT2D eigenvalue weighted by atomic mass is 19.1. The molecule has 0 bridgehead atoms. The molecule has 1 fully saturated rings. The predicted octanol–water partition coefficient (Wildman–Crippen LogP) is 1.89. The Balaban J connectivity index is 1.87. The minimum atomic E-state index is -0.419. The lowest BCUT2D eigenvalue weighted by atomic mass is 10.1. The standard InChI is InChI=1S/C16H19FN2O4/c1-2-22-16(21)6-13-11-5-12(17)14(7-15(11)23-18-13)19-4-3-10(8-19)9-20/h5,7,10,20H,2-4,6,8-9H2,1H3/t10-/m0/s1. The molecular formula is C16H19FN2O4. The quantitative estimate of drug-likeness (QED) is 0.847.